The molecule has 0 spiro atoms. The van der Waals surface area contributed by atoms with Gasteiger partial charge in [-0.2, -0.15) is 0 Å². The summed E-state index contributed by atoms with van der Waals surface area (Å²) in [5.41, 5.74) is 12.5. The van der Waals surface area contributed by atoms with Gasteiger partial charge in [0.15, 0.2) is 0 Å². The van der Waals surface area contributed by atoms with Gasteiger partial charge < -0.3 is 0 Å². The molecular weight excluding hydrogens is 408 g/mol. The van der Waals surface area contributed by atoms with E-state index in [0.29, 0.717) is 0 Å². The molecule has 0 N–H and O–H groups in total. The Hall–Kier alpha value is -4.16. The van der Waals surface area contributed by atoms with Gasteiger partial charge in [-0.25, -0.2) is 0 Å². The number of hydrogen-bond donors (Lipinski definition) is 0. The molecule has 0 saturated heterocycles. The largest absolute Gasteiger partial charge is 0.0622 e. The molecule has 164 valence electrons. The van der Waals surface area contributed by atoms with Crippen LogP contribution in [0.3, 0.4) is 0 Å². The number of allylic oxidation sites excluding steroid dienone is 1. The highest BCUT2D eigenvalue weighted by Crippen LogP contribution is 2.33. The molecule has 0 amide bonds. The number of aryl methyl sites for hydroxylation is 1. The van der Waals surface area contributed by atoms with E-state index in [2.05, 4.69) is 147 Å². The number of benzene rings is 5. The van der Waals surface area contributed by atoms with Gasteiger partial charge in [0, 0.05) is 0 Å². The lowest BCUT2D eigenvalue weighted by atomic mass is 9.89. The van der Waals surface area contributed by atoms with E-state index in [-0.39, 0.29) is 0 Å². The van der Waals surface area contributed by atoms with E-state index in [0.717, 1.165) is 0 Å². The monoisotopic (exact) mass is 436 g/mol. The summed E-state index contributed by atoms with van der Waals surface area (Å²) in [5.74, 6) is 0. The molecule has 0 radical (unpaired) electrons. The first-order valence-electron chi connectivity index (χ1n) is 11.8. The third kappa shape index (κ3) is 4.63. The van der Waals surface area contributed by atoms with E-state index < -0.39 is 0 Å². The highest BCUT2D eigenvalue weighted by molar-refractivity contribution is 5.98. The summed E-state index contributed by atoms with van der Waals surface area (Å²) >= 11 is 0. The van der Waals surface area contributed by atoms with Gasteiger partial charge in [0.1, 0.15) is 0 Å². The van der Waals surface area contributed by atoms with Crippen LogP contribution in [0.2, 0.25) is 0 Å². The highest BCUT2D eigenvalue weighted by Gasteiger charge is 2.11. The van der Waals surface area contributed by atoms with Crippen molar-refractivity contribution in [1.29, 1.82) is 0 Å². The van der Waals surface area contributed by atoms with E-state index in [9.17, 15) is 0 Å². The molecule has 0 heteroatoms. The second kappa shape index (κ2) is 9.77. The van der Waals surface area contributed by atoms with Crippen LogP contribution in [0, 0.1) is 6.92 Å². The van der Waals surface area contributed by atoms with Gasteiger partial charge in [-0.05, 0) is 63.9 Å². The summed E-state index contributed by atoms with van der Waals surface area (Å²) in [6, 6.07) is 47.8. The Morgan fingerprint density at radius 1 is 0.382 bits per heavy atom. The molecule has 0 heterocycles. The van der Waals surface area contributed by atoms with Gasteiger partial charge in [-0.1, -0.05) is 139 Å². The molecule has 0 aliphatic rings. The molecule has 0 aliphatic heterocycles. The molecule has 0 fully saturated rings. The van der Waals surface area contributed by atoms with Gasteiger partial charge in [-0.15, -0.1) is 0 Å². The fourth-order valence-corrected chi connectivity index (χ4v) is 4.47. The fourth-order valence-electron chi connectivity index (χ4n) is 4.47. The van der Waals surface area contributed by atoms with E-state index >= 15 is 0 Å². The summed E-state index contributed by atoms with van der Waals surface area (Å²) in [6.07, 6.45) is 0. The van der Waals surface area contributed by atoms with E-state index in [1.165, 1.54) is 55.7 Å². The lowest BCUT2D eigenvalue weighted by Crippen LogP contribution is -1.93. The van der Waals surface area contributed by atoms with E-state index in [4.69, 9.17) is 0 Å². The van der Waals surface area contributed by atoms with Crippen LogP contribution in [-0.4, -0.2) is 0 Å². The quantitative estimate of drug-likeness (QED) is 0.241. The highest BCUT2D eigenvalue weighted by atomic mass is 14.1. The molecule has 34 heavy (non-hydrogen) atoms. The Morgan fingerprint density at radius 2 is 0.735 bits per heavy atom. The van der Waals surface area contributed by atoms with Crippen LogP contribution in [0.25, 0.3) is 33.4 Å². The fraction of sp³-hybridized carbons (Fsp3) is 0.0588. The average molecular weight is 437 g/mol. The van der Waals surface area contributed by atoms with Crippen LogP contribution >= 0.6 is 0 Å². The van der Waals surface area contributed by atoms with Gasteiger partial charge in [0.2, 0.25) is 0 Å². The van der Waals surface area contributed by atoms with Crippen LogP contribution < -0.4 is 0 Å². The first kappa shape index (κ1) is 21.7. The molecule has 5 aromatic rings. The van der Waals surface area contributed by atoms with Gasteiger partial charge in [0.25, 0.3) is 0 Å². The van der Waals surface area contributed by atoms with Crippen LogP contribution in [0.1, 0.15) is 29.2 Å². The molecule has 0 saturated carbocycles. The van der Waals surface area contributed by atoms with Crippen molar-refractivity contribution in [3.8, 4) is 22.3 Å². The molecule has 0 nitrogen and oxygen atoms in total. The van der Waals surface area contributed by atoms with Gasteiger partial charge >= 0.3 is 0 Å². The van der Waals surface area contributed by atoms with E-state index in [1.54, 1.807) is 0 Å². The average Bonchev–Trinajstić information content (AvgIpc) is 2.91. The molecule has 0 aliphatic carbocycles. The molecule has 0 unspecified atom stereocenters. The first-order valence-corrected chi connectivity index (χ1v) is 11.8. The molecule has 5 rings (SSSR count). The Morgan fingerprint density at radius 3 is 1.21 bits per heavy atom. The molecule has 0 bridgehead atoms. The van der Waals surface area contributed by atoms with Gasteiger partial charge in [-0.3, -0.25) is 0 Å². The predicted octanol–water partition coefficient (Wildman–Crippen LogP) is 9.31. The molecule has 5 aromatic carbocycles. The Balaban J connectivity index is 1.49. The maximum atomic E-state index is 2.25. The zero-order valence-corrected chi connectivity index (χ0v) is 19.7. The van der Waals surface area contributed by atoms with Crippen LogP contribution in [0.4, 0.5) is 0 Å². The van der Waals surface area contributed by atoms with Crippen molar-refractivity contribution < 1.29 is 0 Å². The SMILES string of the molecule is C/C(=C(\c1ccccc1)c1ccc(-c2ccc(-c3ccc(C)cc3)cc2)cc1)c1ccccc1. The summed E-state index contributed by atoms with van der Waals surface area (Å²) in [4.78, 5) is 0. The zero-order chi connectivity index (χ0) is 23.3. The van der Waals surface area contributed by atoms with Crippen molar-refractivity contribution in [3.05, 3.63) is 156 Å². The number of rotatable bonds is 5. The van der Waals surface area contributed by atoms with Crippen molar-refractivity contribution >= 4 is 11.1 Å². The summed E-state index contributed by atoms with van der Waals surface area (Å²) in [6.45, 7) is 4.34. The first-order chi connectivity index (χ1) is 16.7. The van der Waals surface area contributed by atoms with Crippen molar-refractivity contribution in [1.82, 2.24) is 0 Å². The summed E-state index contributed by atoms with van der Waals surface area (Å²) < 4.78 is 0. The lowest BCUT2D eigenvalue weighted by Gasteiger charge is -2.15. The Kier molecular flexibility index (Phi) is 6.23. The normalized spacial score (nSPS) is 11.7. The molecule has 0 atom stereocenters. The zero-order valence-electron chi connectivity index (χ0n) is 19.7. The van der Waals surface area contributed by atoms with Gasteiger partial charge in [0.05, 0.1) is 0 Å². The summed E-state index contributed by atoms with van der Waals surface area (Å²) in [5, 5.41) is 0. The summed E-state index contributed by atoms with van der Waals surface area (Å²) in [7, 11) is 0. The second-order valence-electron chi connectivity index (χ2n) is 8.75. The third-order valence-electron chi connectivity index (χ3n) is 6.42. The van der Waals surface area contributed by atoms with Crippen molar-refractivity contribution in [2.45, 2.75) is 13.8 Å². The van der Waals surface area contributed by atoms with Crippen molar-refractivity contribution in [2.75, 3.05) is 0 Å². The lowest BCUT2D eigenvalue weighted by molar-refractivity contribution is 1.47. The van der Waals surface area contributed by atoms with Crippen LogP contribution in [-0.2, 0) is 0 Å². The topological polar surface area (TPSA) is 0 Å². The van der Waals surface area contributed by atoms with Crippen molar-refractivity contribution in [3.63, 3.8) is 0 Å². The maximum absolute atomic E-state index is 2.25. The second-order valence-corrected chi connectivity index (χ2v) is 8.75. The van der Waals surface area contributed by atoms with Crippen LogP contribution in [0.5, 0.6) is 0 Å². The standard InChI is InChI=1S/C34H28/c1-25-13-15-28(16-14-25)29-17-19-30(20-18-29)31-21-23-33(24-22-31)34(32-11-7-4-8-12-32)26(2)27-9-5-3-6-10-27/h3-24H,1-2H3/b34-26-. The molecule has 0 aromatic heterocycles. The minimum atomic E-state index is 1.23. The van der Waals surface area contributed by atoms with Crippen molar-refractivity contribution in [2.24, 2.45) is 0 Å². The van der Waals surface area contributed by atoms with E-state index in [1.807, 2.05) is 0 Å². The Labute approximate surface area is 202 Å². The third-order valence-corrected chi connectivity index (χ3v) is 6.42. The minimum absolute atomic E-state index is 1.23. The Bertz CT molecular complexity index is 1390. The molecular formula is C34H28. The smallest absolute Gasteiger partial charge is 0.00762 e. The minimum Gasteiger partial charge on any atom is -0.0622 e. The maximum Gasteiger partial charge on any atom is -0.00762 e. The predicted molar refractivity (Wildman–Crippen MR) is 147 cm³/mol. The van der Waals surface area contributed by atoms with Crippen LogP contribution in [0.15, 0.2) is 133 Å². The number of hydrogen-bond acceptors (Lipinski definition) is 0.